The van der Waals surface area contributed by atoms with E-state index in [-0.39, 0.29) is 16.9 Å². The van der Waals surface area contributed by atoms with Crippen molar-refractivity contribution in [2.45, 2.75) is 79.2 Å². The fraction of sp³-hybridized carbons (Fsp3) is 0.720. The summed E-state index contributed by atoms with van der Waals surface area (Å²) < 4.78 is 5.53. The number of phenols is 1. The van der Waals surface area contributed by atoms with Crippen molar-refractivity contribution in [2.75, 3.05) is 31.1 Å². The van der Waals surface area contributed by atoms with E-state index < -0.39 is 5.60 Å². The monoisotopic (exact) mass is 416 g/mol. The number of phenolic OH excluding ortho intramolecular Hbond substituents is 1. The van der Waals surface area contributed by atoms with Gasteiger partial charge in [0, 0.05) is 31.9 Å². The van der Waals surface area contributed by atoms with Gasteiger partial charge < -0.3 is 19.6 Å². The van der Waals surface area contributed by atoms with Gasteiger partial charge in [0.25, 0.3) is 0 Å². The Kier molecular flexibility index (Phi) is 6.05. The molecule has 1 saturated heterocycles. The summed E-state index contributed by atoms with van der Waals surface area (Å²) >= 11 is 0. The van der Waals surface area contributed by atoms with Gasteiger partial charge >= 0.3 is 6.09 Å². The van der Waals surface area contributed by atoms with Crippen molar-refractivity contribution in [3.05, 3.63) is 23.8 Å². The number of benzene rings is 1. The summed E-state index contributed by atoms with van der Waals surface area (Å²) in [6.45, 7) is 18.0. The molecule has 0 radical (unpaired) electrons. The first-order valence-corrected chi connectivity index (χ1v) is 11.3. The maximum absolute atomic E-state index is 12.4. The van der Waals surface area contributed by atoms with E-state index in [2.05, 4.69) is 38.7 Å². The van der Waals surface area contributed by atoms with E-state index in [9.17, 15) is 9.90 Å². The van der Waals surface area contributed by atoms with Crippen LogP contribution in [0.2, 0.25) is 0 Å². The normalized spacial score (nSPS) is 22.1. The van der Waals surface area contributed by atoms with Crippen LogP contribution in [-0.2, 0) is 4.74 Å². The van der Waals surface area contributed by atoms with Gasteiger partial charge in [0.2, 0.25) is 0 Å². The molecular weight excluding hydrogens is 376 g/mol. The molecule has 30 heavy (non-hydrogen) atoms. The van der Waals surface area contributed by atoms with Crippen LogP contribution in [0.3, 0.4) is 0 Å². The molecule has 1 heterocycles. The summed E-state index contributed by atoms with van der Waals surface area (Å²) in [6.07, 6.45) is 3.25. The molecule has 3 rings (SSSR count). The van der Waals surface area contributed by atoms with Gasteiger partial charge in [-0.2, -0.15) is 0 Å². The number of hydrogen-bond donors (Lipinski definition) is 1. The topological polar surface area (TPSA) is 53.0 Å². The molecule has 2 aliphatic rings. The van der Waals surface area contributed by atoms with Crippen LogP contribution in [0.1, 0.15) is 79.2 Å². The van der Waals surface area contributed by atoms with Gasteiger partial charge in [-0.15, -0.1) is 0 Å². The van der Waals surface area contributed by atoms with Crippen LogP contribution in [0, 0.1) is 10.8 Å². The fourth-order valence-corrected chi connectivity index (χ4v) is 5.68. The molecule has 5 nitrogen and oxygen atoms in total. The lowest BCUT2D eigenvalue weighted by molar-refractivity contribution is 0.0240. The maximum Gasteiger partial charge on any atom is 0.410 e. The third kappa shape index (κ3) is 5.61. The minimum Gasteiger partial charge on any atom is -0.508 e. The number of rotatable bonds is 2. The summed E-state index contributed by atoms with van der Waals surface area (Å²) in [5.41, 5.74) is 2.55. The summed E-state index contributed by atoms with van der Waals surface area (Å²) in [7, 11) is 0. The first-order chi connectivity index (χ1) is 13.7. The van der Waals surface area contributed by atoms with E-state index >= 15 is 0 Å². The van der Waals surface area contributed by atoms with E-state index in [1.54, 1.807) is 11.0 Å². The Morgan fingerprint density at radius 1 is 1.03 bits per heavy atom. The molecule has 168 valence electrons. The van der Waals surface area contributed by atoms with Gasteiger partial charge in [-0.05, 0) is 80.5 Å². The molecule has 2 fully saturated rings. The predicted octanol–water partition coefficient (Wildman–Crippen LogP) is 5.77. The van der Waals surface area contributed by atoms with Crippen LogP contribution in [0.25, 0.3) is 0 Å². The summed E-state index contributed by atoms with van der Waals surface area (Å²) in [4.78, 5) is 16.6. The van der Waals surface area contributed by atoms with Crippen LogP contribution in [-0.4, -0.2) is 47.9 Å². The first-order valence-electron chi connectivity index (χ1n) is 11.3. The molecule has 0 spiro atoms. The molecule has 0 bridgehead atoms. The van der Waals surface area contributed by atoms with Gasteiger partial charge in [-0.3, -0.25) is 0 Å². The number of aromatic hydroxyl groups is 1. The van der Waals surface area contributed by atoms with Crippen molar-refractivity contribution in [2.24, 2.45) is 10.8 Å². The predicted molar refractivity (Wildman–Crippen MR) is 122 cm³/mol. The van der Waals surface area contributed by atoms with E-state index in [4.69, 9.17) is 4.74 Å². The Morgan fingerprint density at radius 2 is 1.60 bits per heavy atom. The fourth-order valence-electron chi connectivity index (χ4n) is 5.68. The molecule has 1 N–H and O–H groups in total. The number of hydrogen-bond acceptors (Lipinski definition) is 4. The zero-order valence-electron chi connectivity index (χ0n) is 19.9. The van der Waals surface area contributed by atoms with Crippen molar-refractivity contribution in [1.82, 2.24) is 4.90 Å². The molecule has 1 aliphatic carbocycles. The SMILES string of the molecule is CC1(C)CC(c2cc(O)ccc2N2CCN(C(=O)OC(C)(C)C)CC2)CC(C)(C)C1. The minimum absolute atomic E-state index is 0.233. The number of piperazine rings is 1. The average molecular weight is 417 g/mol. The second kappa shape index (κ2) is 7.97. The van der Waals surface area contributed by atoms with Crippen molar-refractivity contribution < 1.29 is 14.6 Å². The molecule has 1 aromatic rings. The van der Waals surface area contributed by atoms with Crippen molar-refractivity contribution in [3.8, 4) is 5.75 Å². The second-order valence-electron chi connectivity index (χ2n) is 11.8. The van der Waals surface area contributed by atoms with Crippen LogP contribution in [0.4, 0.5) is 10.5 Å². The summed E-state index contributed by atoms with van der Waals surface area (Å²) in [5, 5.41) is 10.3. The molecule has 0 atom stereocenters. The second-order valence-corrected chi connectivity index (χ2v) is 11.8. The quantitative estimate of drug-likeness (QED) is 0.665. The van der Waals surface area contributed by atoms with E-state index in [1.807, 2.05) is 26.8 Å². The Morgan fingerprint density at radius 3 is 2.13 bits per heavy atom. The van der Waals surface area contributed by atoms with Crippen LogP contribution < -0.4 is 4.90 Å². The minimum atomic E-state index is -0.473. The molecule has 0 unspecified atom stereocenters. The van der Waals surface area contributed by atoms with E-state index in [0.29, 0.717) is 24.8 Å². The van der Waals surface area contributed by atoms with Crippen molar-refractivity contribution in [1.29, 1.82) is 0 Å². The number of carbonyl (C=O) groups is 1. The number of nitrogens with zero attached hydrogens (tertiary/aromatic N) is 2. The zero-order valence-corrected chi connectivity index (χ0v) is 19.9. The Balaban J connectivity index is 1.78. The van der Waals surface area contributed by atoms with Crippen LogP contribution in [0.15, 0.2) is 18.2 Å². The summed E-state index contributed by atoms with van der Waals surface area (Å²) in [6, 6.07) is 5.82. The number of amides is 1. The van der Waals surface area contributed by atoms with E-state index in [1.165, 1.54) is 17.7 Å². The van der Waals surface area contributed by atoms with Gasteiger partial charge in [0.1, 0.15) is 11.4 Å². The third-order valence-corrected chi connectivity index (χ3v) is 6.28. The molecule has 1 amide bonds. The smallest absolute Gasteiger partial charge is 0.410 e. The third-order valence-electron chi connectivity index (χ3n) is 6.28. The highest BCUT2D eigenvalue weighted by Crippen LogP contribution is 2.53. The highest BCUT2D eigenvalue weighted by atomic mass is 16.6. The van der Waals surface area contributed by atoms with Crippen LogP contribution >= 0.6 is 0 Å². The zero-order chi connectivity index (χ0) is 22.3. The number of anilines is 1. The lowest BCUT2D eigenvalue weighted by Crippen LogP contribution is -2.50. The largest absolute Gasteiger partial charge is 0.508 e. The molecule has 1 aliphatic heterocycles. The van der Waals surface area contributed by atoms with Crippen molar-refractivity contribution >= 4 is 11.8 Å². The van der Waals surface area contributed by atoms with Gasteiger partial charge in [-0.1, -0.05) is 27.7 Å². The lowest BCUT2D eigenvalue weighted by atomic mass is 9.60. The van der Waals surface area contributed by atoms with Crippen LogP contribution in [0.5, 0.6) is 5.75 Å². The molecule has 1 saturated carbocycles. The Bertz CT molecular complexity index is 755. The maximum atomic E-state index is 12.4. The highest BCUT2D eigenvalue weighted by molar-refractivity contribution is 5.69. The standard InChI is InChI=1S/C25H40N2O3/c1-23(2,3)30-22(29)27-12-10-26(11-13-27)21-9-8-19(28)14-20(21)18-15-24(4,5)17-25(6,7)16-18/h8-9,14,18,28H,10-13,15-17H2,1-7H3. The Labute approximate surface area is 182 Å². The Hall–Kier alpha value is -1.91. The number of carbonyl (C=O) groups excluding carboxylic acids is 1. The van der Waals surface area contributed by atoms with Gasteiger partial charge in [0.05, 0.1) is 0 Å². The lowest BCUT2D eigenvalue weighted by Gasteiger charge is -2.46. The molecular formula is C25H40N2O3. The average Bonchev–Trinajstić information content (AvgIpc) is 2.57. The van der Waals surface area contributed by atoms with Gasteiger partial charge in [0.15, 0.2) is 0 Å². The molecule has 0 aromatic heterocycles. The highest BCUT2D eigenvalue weighted by Gasteiger charge is 2.40. The number of ether oxygens (including phenoxy) is 1. The van der Waals surface area contributed by atoms with E-state index in [0.717, 1.165) is 25.9 Å². The molecule has 5 heteroatoms. The van der Waals surface area contributed by atoms with Crippen molar-refractivity contribution in [3.63, 3.8) is 0 Å². The molecule has 1 aromatic carbocycles. The van der Waals surface area contributed by atoms with Gasteiger partial charge in [-0.25, -0.2) is 4.79 Å². The summed E-state index contributed by atoms with van der Waals surface area (Å²) in [5.74, 6) is 0.761. The first kappa shape index (κ1) is 22.8.